The van der Waals surface area contributed by atoms with E-state index in [-0.39, 0.29) is 11.8 Å². The van der Waals surface area contributed by atoms with Crippen LogP contribution in [0.15, 0.2) is 6.07 Å². The highest BCUT2D eigenvalue weighted by Gasteiger charge is 2.24. The van der Waals surface area contributed by atoms with Gasteiger partial charge in [-0.2, -0.15) is 0 Å². The van der Waals surface area contributed by atoms with Crippen LogP contribution in [-0.2, 0) is 0 Å². The normalized spacial score (nSPS) is 20.9. The van der Waals surface area contributed by atoms with Crippen molar-refractivity contribution in [2.45, 2.75) is 18.9 Å². The number of phenolic OH excluding ortho intramolecular Hbond substituents is 1. The van der Waals surface area contributed by atoms with Crippen LogP contribution in [0.5, 0.6) is 5.75 Å². The van der Waals surface area contributed by atoms with Gasteiger partial charge in [-0.3, -0.25) is 0 Å². The lowest BCUT2D eigenvalue weighted by Crippen LogP contribution is -2.13. The van der Waals surface area contributed by atoms with Crippen molar-refractivity contribution in [3.63, 3.8) is 0 Å². The van der Waals surface area contributed by atoms with Gasteiger partial charge in [0.1, 0.15) is 10.8 Å². The van der Waals surface area contributed by atoms with Crippen molar-refractivity contribution in [2.24, 2.45) is 0 Å². The summed E-state index contributed by atoms with van der Waals surface area (Å²) >= 11 is 5.47. The Morgan fingerprint density at radius 1 is 1.47 bits per heavy atom. The first-order valence-corrected chi connectivity index (χ1v) is 5.09. The van der Waals surface area contributed by atoms with Crippen molar-refractivity contribution >= 4 is 11.6 Å². The van der Waals surface area contributed by atoms with Crippen molar-refractivity contribution in [1.29, 1.82) is 0 Å². The summed E-state index contributed by atoms with van der Waals surface area (Å²) in [6, 6.07) is 0.858. The average Bonchev–Trinajstić information content (AvgIpc) is 2.73. The van der Waals surface area contributed by atoms with Crippen molar-refractivity contribution in [3.05, 3.63) is 28.3 Å². The van der Waals surface area contributed by atoms with Crippen LogP contribution in [0.25, 0.3) is 0 Å². The molecule has 82 valence electrons. The topological polar surface area (TPSA) is 32.3 Å². The van der Waals surface area contributed by atoms with Gasteiger partial charge in [0.2, 0.25) is 0 Å². The predicted molar refractivity (Wildman–Crippen MR) is 53.0 cm³/mol. The van der Waals surface area contributed by atoms with Gasteiger partial charge >= 0.3 is 0 Å². The van der Waals surface area contributed by atoms with Gasteiger partial charge in [0, 0.05) is 11.6 Å². The van der Waals surface area contributed by atoms with Gasteiger partial charge in [-0.05, 0) is 25.5 Å². The number of aromatic hydroxyl groups is 1. The molecule has 0 spiro atoms. The van der Waals surface area contributed by atoms with Gasteiger partial charge in [-0.25, -0.2) is 8.78 Å². The van der Waals surface area contributed by atoms with Crippen molar-refractivity contribution in [3.8, 4) is 5.75 Å². The first kappa shape index (κ1) is 10.6. The van der Waals surface area contributed by atoms with Gasteiger partial charge < -0.3 is 10.4 Å². The summed E-state index contributed by atoms with van der Waals surface area (Å²) in [5.74, 6) is -2.59. The Kier molecular flexibility index (Phi) is 2.80. The lowest BCUT2D eigenvalue weighted by atomic mass is 10.0. The molecule has 0 amide bonds. The summed E-state index contributed by atoms with van der Waals surface area (Å²) in [4.78, 5) is 0. The van der Waals surface area contributed by atoms with E-state index in [1.165, 1.54) is 0 Å². The molecule has 15 heavy (non-hydrogen) atoms. The van der Waals surface area contributed by atoms with E-state index in [0.29, 0.717) is 5.56 Å². The molecule has 1 fully saturated rings. The number of halogens is 3. The highest BCUT2D eigenvalue weighted by atomic mass is 35.5. The van der Waals surface area contributed by atoms with E-state index < -0.39 is 16.7 Å². The van der Waals surface area contributed by atoms with E-state index in [1.807, 2.05) is 0 Å². The molecule has 1 saturated heterocycles. The lowest BCUT2D eigenvalue weighted by molar-refractivity contribution is 0.437. The van der Waals surface area contributed by atoms with Crippen LogP contribution in [0.2, 0.25) is 5.02 Å². The van der Waals surface area contributed by atoms with Crippen LogP contribution in [0.3, 0.4) is 0 Å². The van der Waals surface area contributed by atoms with Gasteiger partial charge in [0.15, 0.2) is 11.6 Å². The third-order valence-electron chi connectivity index (χ3n) is 2.60. The van der Waals surface area contributed by atoms with Crippen LogP contribution in [0.4, 0.5) is 8.78 Å². The molecule has 0 aliphatic carbocycles. The van der Waals surface area contributed by atoms with E-state index in [2.05, 4.69) is 5.32 Å². The largest absolute Gasteiger partial charge is 0.506 e. The monoisotopic (exact) mass is 233 g/mol. The van der Waals surface area contributed by atoms with Crippen LogP contribution in [0.1, 0.15) is 24.4 Å². The maximum atomic E-state index is 13.1. The summed E-state index contributed by atoms with van der Waals surface area (Å²) < 4.78 is 26.0. The maximum Gasteiger partial charge on any atom is 0.181 e. The molecule has 1 aromatic carbocycles. The van der Waals surface area contributed by atoms with E-state index in [0.717, 1.165) is 25.5 Å². The third-order valence-corrected chi connectivity index (χ3v) is 2.95. The van der Waals surface area contributed by atoms with Crippen LogP contribution in [0, 0.1) is 11.6 Å². The first-order chi connectivity index (χ1) is 7.11. The average molecular weight is 234 g/mol. The second-order valence-corrected chi connectivity index (χ2v) is 3.95. The minimum Gasteiger partial charge on any atom is -0.506 e. The Morgan fingerprint density at radius 3 is 2.80 bits per heavy atom. The number of hydrogen-bond acceptors (Lipinski definition) is 2. The molecule has 0 saturated carbocycles. The van der Waals surface area contributed by atoms with Crippen molar-refractivity contribution < 1.29 is 13.9 Å². The smallest absolute Gasteiger partial charge is 0.181 e. The minimum absolute atomic E-state index is 0.141. The van der Waals surface area contributed by atoms with Gasteiger partial charge in [-0.1, -0.05) is 11.6 Å². The zero-order valence-corrected chi connectivity index (χ0v) is 8.61. The second kappa shape index (κ2) is 3.94. The molecule has 0 aromatic heterocycles. The predicted octanol–water partition coefficient (Wildman–Crippen LogP) is 2.75. The Balaban J connectivity index is 2.47. The molecule has 1 atom stereocenters. The van der Waals surface area contributed by atoms with Crippen molar-refractivity contribution in [1.82, 2.24) is 5.32 Å². The molecule has 2 N–H and O–H groups in total. The van der Waals surface area contributed by atoms with Crippen LogP contribution < -0.4 is 5.32 Å². The van der Waals surface area contributed by atoms with Gasteiger partial charge in [-0.15, -0.1) is 0 Å². The SMILES string of the molecule is Oc1c(C2CCCN2)cc(F)c(F)c1Cl. The number of rotatable bonds is 1. The van der Waals surface area contributed by atoms with Gasteiger partial charge in [0.25, 0.3) is 0 Å². The first-order valence-electron chi connectivity index (χ1n) is 4.71. The number of phenols is 1. The second-order valence-electron chi connectivity index (χ2n) is 3.57. The van der Waals surface area contributed by atoms with E-state index >= 15 is 0 Å². The quantitative estimate of drug-likeness (QED) is 0.731. The molecule has 1 aliphatic heterocycles. The highest BCUT2D eigenvalue weighted by molar-refractivity contribution is 6.32. The standard InChI is InChI=1S/C10H10ClF2NO/c11-8-9(13)6(12)4-5(10(8)15)7-2-1-3-14-7/h4,7,14-15H,1-3H2. The number of benzene rings is 1. The molecule has 0 bridgehead atoms. The fraction of sp³-hybridized carbons (Fsp3) is 0.400. The van der Waals surface area contributed by atoms with Crippen LogP contribution in [-0.4, -0.2) is 11.7 Å². The maximum absolute atomic E-state index is 13.1. The zero-order valence-electron chi connectivity index (χ0n) is 7.86. The molecule has 2 nitrogen and oxygen atoms in total. The Hall–Kier alpha value is -0.870. The molecule has 1 aliphatic rings. The Morgan fingerprint density at radius 2 is 2.20 bits per heavy atom. The number of hydrogen-bond donors (Lipinski definition) is 2. The summed E-state index contributed by atoms with van der Waals surface area (Å²) in [6.45, 7) is 0.806. The molecular weight excluding hydrogens is 224 g/mol. The van der Waals surface area contributed by atoms with Crippen molar-refractivity contribution in [2.75, 3.05) is 6.54 Å². The Labute approximate surface area is 90.9 Å². The third kappa shape index (κ3) is 1.79. The molecule has 0 radical (unpaired) electrons. The fourth-order valence-electron chi connectivity index (χ4n) is 1.82. The van der Waals surface area contributed by atoms with Gasteiger partial charge in [0.05, 0.1) is 0 Å². The number of nitrogens with one attached hydrogen (secondary N) is 1. The molecule has 1 heterocycles. The van der Waals surface area contributed by atoms with E-state index in [4.69, 9.17) is 11.6 Å². The highest BCUT2D eigenvalue weighted by Crippen LogP contribution is 2.37. The molecule has 2 rings (SSSR count). The fourth-order valence-corrected chi connectivity index (χ4v) is 2.02. The summed E-state index contributed by atoms with van der Waals surface area (Å²) in [7, 11) is 0. The molecule has 1 aromatic rings. The Bertz CT molecular complexity index is 391. The lowest BCUT2D eigenvalue weighted by Gasteiger charge is -2.14. The van der Waals surface area contributed by atoms with Crippen LogP contribution >= 0.6 is 11.6 Å². The van der Waals surface area contributed by atoms with E-state index in [1.54, 1.807) is 0 Å². The molecular formula is C10H10ClF2NO. The zero-order chi connectivity index (χ0) is 11.0. The summed E-state index contributed by atoms with van der Waals surface area (Å²) in [5, 5.41) is 12.1. The molecule has 1 unspecified atom stereocenters. The minimum atomic E-state index is -1.20. The molecule has 5 heteroatoms. The summed E-state index contributed by atoms with van der Waals surface area (Å²) in [5.41, 5.74) is 0.330. The summed E-state index contributed by atoms with van der Waals surface area (Å²) in [6.07, 6.45) is 1.73. The van der Waals surface area contributed by atoms with E-state index in [9.17, 15) is 13.9 Å².